The van der Waals surface area contributed by atoms with Gasteiger partial charge in [-0.15, -0.1) is 0 Å². The molecule has 0 bridgehead atoms. The van der Waals surface area contributed by atoms with Crippen LogP contribution in [0.5, 0.6) is 0 Å². The molecule has 0 saturated heterocycles. The van der Waals surface area contributed by atoms with E-state index in [0.717, 1.165) is 25.9 Å². The van der Waals surface area contributed by atoms with Crippen molar-refractivity contribution in [2.75, 3.05) is 6.61 Å². The van der Waals surface area contributed by atoms with E-state index >= 15 is 0 Å². The van der Waals surface area contributed by atoms with Crippen LogP contribution < -0.4 is 11.3 Å². The normalized spacial score (nSPS) is 24.0. The van der Waals surface area contributed by atoms with Gasteiger partial charge in [-0.1, -0.05) is 17.7 Å². The van der Waals surface area contributed by atoms with Gasteiger partial charge in [-0.3, -0.25) is 11.3 Å². The van der Waals surface area contributed by atoms with Crippen LogP contribution in [0.3, 0.4) is 0 Å². The molecule has 0 radical (unpaired) electrons. The maximum atomic E-state index is 13.9. The summed E-state index contributed by atoms with van der Waals surface area (Å²) in [6.07, 6.45) is 3.24. The summed E-state index contributed by atoms with van der Waals surface area (Å²) in [4.78, 5) is 0. The molecule has 2 rings (SSSR count). The first-order valence-corrected chi connectivity index (χ1v) is 7.04. The lowest BCUT2D eigenvalue weighted by atomic mass is 9.77. The largest absolute Gasteiger partial charge is 0.378 e. The zero-order valence-corrected chi connectivity index (χ0v) is 11.8. The van der Waals surface area contributed by atoms with Gasteiger partial charge in [0.25, 0.3) is 0 Å². The van der Waals surface area contributed by atoms with Gasteiger partial charge < -0.3 is 4.74 Å². The molecule has 1 aromatic carbocycles. The summed E-state index contributed by atoms with van der Waals surface area (Å²) in [6, 6.07) is 4.53. The Balaban J connectivity index is 1.94. The van der Waals surface area contributed by atoms with Crippen LogP contribution in [-0.2, 0) is 4.74 Å². The number of halogens is 2. The number of rotatable bonds is 6. The molecule has 0 amide bonds. The van der Waals surface area contributed by atoms with Crippen LogP contribution in [0.25, 0.3) is 0 Å². The van der Waals surface area contributed by atoms with Crippen molar-refractivity contribution in [3.05, 3.63) is 34.6 Å². The van der Waals surface area contributed by atoms with E-state index < -0.39 is 0 Å². The molecular formula is C14H20ClFN2O. The highest BCUT2D eigenvalue weighted by atomic mass is 35.5. The first kappa shape index (κ1) is 14.7. The summed E-state index contributed by atoms with van der Waals surface area (Å²) in [5.41, 5.74) is 3.28. The van der Waals surface area contributed by atoms with Gasteiger partial charge in [-0.25, -0.2) is 4.39 Å². The molecule has 1 aliphatic carbocycles. The van der Waals surface area contributed by atoms with Gasteiger partial charge in [-0.2, -0.15) is 0 Å². The Morgan fingerprint density at radius 1 is 1.53 bits per heavy atom. The molecule has 0 aromatic heterocycles. The lowest BCUT2D eigenvalue weighted by Gasteiger charge is -2.37. The number of hydrogen-bond acceptors (Lipinski definition) is 3. The average molecular weight is 287 g/mol. The molecule has 3 N–H and O–H groups in total. The Bertz CT molecular complexity index is 424. The number of nitrogens with one attached hydrogen (secondary N) is 1. The monoisotopic (exact) mass is 286 g/mol. The van der Waals surface area contributed by atoms with Gasteiger partial charge in [-0.05, 0) is 44.2 Å². The summed E-state index contributed by atoms with van der Waals surface area (Å²) in [5, 5.41) is 0.400. The molecule has 0 heterocycles. The van der Waals surface area contributed by atoms with Crippen molar-refractivity contribution in [1.82, 2.24) is 5.43 Å². The Kier molecular flexibility index (Phi) is 5.16. The molecule has 1 atom stereocenters. The molecule has 3 nitrogen and oxygen atoms in total. The minimum absolute atomic E-state index is 0.176. The van der Waals surface area contributed by atoms with Gasteiger partial charge in [0.1, 0.15) is 5.82 Å². The molecule has 1 aromatic rings. The molecule has 0 aliphatic heterocycles. The Morgan fingerprint density at radius 3 is 2.84 bits per heavy atom. The van der Waals surface area contributed by atoms with Crippen molar-refractivity contribution in [2.45, 2.75) is 38.3 Å². The number of hydrazine groups is 1. The van der Waals surface area contributed by atoms with E-state index in [-0.39, 0.29) is 11.9 Å². The SMILES string of the molecule is CCOC1CC(CC(NN)c2ccc(Cl)cc2F)C1. The van der Waals surface area contributed by atoms with Crippen LogP contribution >= 0.6 is 11.6 Å². The molecule has 5 heteroatoms. The smallest absolute Gasteiger partial charge is 0.129 e. The molecular weight excluding hydrogens is 267 g/mol. The lowest BCUT2D eigenvalue weighted by Crippen LogP contribution is -2.36. The van der Waals surface area contributed by atoms with E-state index in [2.05, 4.69) is 5.43 Å². The molecule has 19 heavy (non-hydrogen) atoms. The topological polar surface area (TPSA) is 47.3 Å². The second kappa shape index (κ2) is 6.66. The van der Waals surface area contributed by atoms with E-state index in [4.69, 9.17) is 22.2 Å². The predicted molar refractivity (Wildman–Crippen MR) is 74.2 cm³/mol. The quantitative estimate of drug-likeness (QED) is 0.624. The van der Waals surface area contributed by atoms with Crippen molar-refractivity contribution in [3.8, 4) is 0 Å². The molecule has 0 spiro atoms. The highest BCUT2D eigenvalue weighted by Gasteiger charge is 2.32. The van der Waals surface area contributed by atoms with Gasteiger partial charge in [0.2, 0.25) is 0 Å². The van der Waals surface area contributed by atoms with E-state index in [1.165, 1.54) is 6.07 Å². The minimum Gasteiger partial charge on any atom is -0.378 e. The van der Waals surface area contributed by atoms with Gasteiger partial charge in [0, 0.05) is 23.2 Å². The third-order valence-electron chi connectivity index (χ3n) is 3.70. The molecule has 1 saturated carbocycles. The van der Waals surface area contributed by atoms with E-state index in [9.17, 15) is 4.39 Å². The van der Waals surface area contributed by atoms with Crippen LogP contribution in [-0.4, -0.2) is 12.7 Å². The summed E-state index contributed by atoms with van der Waals surface area (Å²) >= 11 is 5.75. The maximum Gasteiger partial charge on any atom is 0.129 e. The van der Waals surface area contributed by atoms with Crippen LogP contribution in [0.15, 0.2) is 18.2 Å². The summed E-state index contributed by atoms with van der Waals surface area (Å²) in [7, 11) is 0. The predicted octanol–water partition coefficient (Wildman–Crippen LogP) is 3.19. The van der Waals surface area contributed by atoms with Crippen molar-refractivity contribution in [2.24, 2.45) is 11.8 Å². The zero-order chi connectivity index (χ0) is 13.8. The van der Waals surface area contributed by atoms with Gasteiger partial charge in [0.05, 0.1) is 6.10 Å². The lowest BCUT2D eigenvalue weighted by molar-refractivity contribution is -0.0292. The molecule has 1 unspecified atom stereocenters. The van der Waals surface area contributed by atoms with Crippen LogP contribution in [0, 0.1) is 11.7 Å². The zero-order valence-electron chi connectivity index (χ0n) is 11.0. The third kappa shape index (κ3) is 3.66. The van der Waals surface area contributed by atoms with Crippen LogP contribution in [0.1, 0.15) is 37.8 Å². The number of ether oxygens (including phenoxy) is 1. The number of nitrogens with two attached hydrogens (primary N) is 1. The summed E-state index contributed by atoms with van der Waals surface area (Å²) in [6.45, 7) is 2.75. The molecule has 1 aliphatic rings. The van der Waals surface area contributed by atoms with Crippen molar-refractivity contribution in [1.29, 1.82) is 0 Å². The Morgan fingerprint density at radius 2 is 2.26 bits per heavy atom. The Labute approximate surface area is 118 Å². The second-order valence-corrected chi connectivity index (χ2v) is 5.47. The van der Waals surface area contributed by atoms with E-state index in [0.29, 0.717) is 22.6 Å². The highest BCUT2D eigenvalue weighted by Crippen LogP contribution is 2.37. The number of benzene rings is 1. The van der Waals surface area contributed by atoms with E-state index in [1.807, 2.05) is 6.92 Å². The highest BCUT2D eigenvalue weighted by molar-refractivity contribution is 6.30. The second-order valence-electron chi connectivity index (χ2n) is 5.04. The number of hydrogen-bond donors (Lipinski definition) is 2. The standard InChI is InChI=1S/C14H20ClFN2O/c1-2-19-11-5-9(6-11)7-14(18-17)12-4-3-10(15)8-13(12)16/h3-4,8-9,11,14,18H,2,5-7,17H2,1H3. The van der Waals surface area contributed by atoms with Gasteiger partial charge in [0.15, 0.2) is 0 Å². The summed E-state index contributed by atoms with van der Waals surface area (Å²) < 4.78 is 19.4. The fraction of sp³-hybridized carbons (Fsp3) is 0.571. The van der Waals surface area contributed by atoms with Crippen molar-refractivity contribution < 1.29 is 9.13 Å². The van der Waals surface area contributed by atoms with Crippen LogP contribution in [0.2, 0.25) is 5.02 Å². The molecule has 1 fully saturated rings. The third-order valence-corrected chi connectivity index (χ3v) is 3.94. The van der Waals surface area contributed by atoms with Crippen molar-refractivity contribution >= 4 is 11.6 Å². The fourth-order valence-electron chi connectivity index (χ4n) is 2.64. The Hall–Kier alpha value is -0.680. The maximum absolute atomic E-state index is 13.9. The van der Waals surface area contributed by atoms with E-state index in [1.54, 1.807) is 12.1 Å². The van der Waals surface area contributed by atoms with Crippen LogP contribution in [0.4, 0.5) is 4.39 Å². The van der Waals surface area contributed by atoms with Gasteiger partial charge >= 0.3 is 0 Å². The first-order valence-electron chi connectivity index (χ1n) is 6.66. The van der Waals surface area contributed by atoms with Crippen molar-refractivity contribution in [3.63, 3.8) is 0 Å². The first-order chi connectivity index (χ1) is 9.13. The summed E-state index contributed by atoms with van der Waals surface area (Å²) in [5.74, 6) is 5.78. The fourth-order valence-corrected chi connectivity index (χ4v) is 2.80. The molecule has 106 valence electrons. The minimum atomic E-state index is -0.309. The average Bonchev–Trinajstić information content (AvgIpc) is 2.33.